The lowest BCUT2D eigenvalue weighted by Gasteiger charge is -2.15. The summed E-state index contributed by atoms with van der Waals surface area (Å²) in [4.78, 5) is 11.5. The Kier molecular flexibility index (Phi) is 4.59. The molecule has 1 rings (SSSR count). The molecule has 1 fully saturated rings. The minimum absolute atomic E-state index is 0.0960. The molecule has 1 aliphatic rings. The van der Waals surface area contributed by atoms with Gasteiger partial charge in [0.2, 0.25) is 5.91 Å². The Bertz CT molecular complexity index is 169. The van der Waals surface area contributed by atoms with Gasteiger partial charge in [-0.25, -0.2) is 0 Å². The van der Waals surface area contributed by atoms with E-state index in [1.54, 1.807) is 11.8 Å². The van der Waals surface area contributed by atoms with Crippen LogP contribution in [0.15, 0.2) is 0 Å². The maximum atomic E-state index is 11.5. The first-order chi connectivity index (χ1) is 6.24. The van der Waals surface area contributed by atoms with E-state index in [-0.39, 0.29) is 23.8 Å². The van der Waals surface area contributed by atoms with E-state index >= 15 is 0 Å². The second kappa shape index (κ2) is 5.50. The van der Waals surface area contributed by atoms with Gasteiger partial charge >= 0.3 is 0 Å². The average molecular weight is 203 g/mol. The minimum atomic E-state index is 0.0960. The first-order valence-electron chi connectivity index (χ1n) is 4.77. The van der Waals surface area contributed by atoms with Crippen molar-refractivity contribution in [3.63, 3.8) is 0 Å². The molecule has 1 amide bonds. The third kappa shape index (κ3) is 3.56. The topological polar surface area (TPSA) is 49.3 Å². The van der Waals surface area contributed by atoms with Crippen molar-refractivity contribution >= 4 is 17.7 Å². The summed E-state index contributed by atoms with van der Waals surface area (Å²) in [6, 6.07) is 0.0960. The standard InChI is InChI=1S/C9H17NO2S/c1-7(4-5-11)10-9(12)8-3-2-6-13-8/h7-8,11H,2-6H2,1H3,(H,10,12). The van der Waals surface area contributed by atoms with E-state index in [2.05, 4.69) is 5.32 Å². The normalized spacial score (nSPS) is 24.3. The molecule has 0 aromatic rings. The second-order valence-electron chi connectivity index (χ2n) is 3.42. The van der Waals surface area contributed by atoms with Gasteiger partial charge in [-0.2, -0.15) is 0 Å². The van der Waals surface area contributed by atoms with E-state index in [0.717, 1.165) is 18.6 Å². The number of thioether (sulfide) groups is 1. The lowest BCUT2D eigenvalue weighted by Crippen LogP contribution is -2.38. The zero-order valence-corrected chi connectivity index (χ0v) is 8.77. The summed E-state index contributed by atoms with van der Waals surface area (Å²) in [5, 5.41) is 11.7. The zero-order valence-electron chi connectivity index (χ0n) is 7.95. The van der Waals surface area contributed by atoms with Crippen LogP contribution in [0.25, 0.3) is 0 Å². The van der Waals surface area contributed by atoms with Crippen LogP contribution in [0.2, 0.25) is 0 Å². The maximum Gasteiger partial charge on any atom is 0.233 e. The fourth-order valence-corrected chi connectivity index (χ4v) is 2.56. The van der Waals surface area contributed by atoms with Gasteiger partial charge in [0.1, 0.15) is 0 Å². The van der Waals surface area contributed by atoms with E-state index in [0.29, 0.717) is 6.42 Å². The Morgan fingerprint density at radius 1 is 1.77 bits per heavy atom. The van der Waals surface area contributed by atoms with Crippen LogP contribution in [-0.2, 0) is 4.79 Å². The van der Waals surface area contributed by atoms with Crippen LogP contribution >= 0.6 is 11.8 Å². The van der Waals surface area contributed by atoms with Gasteiger partial charge in [-0.15, -0.1) is 11.8 Å². The lowest BCUT2D eigenvalue weighted by atomic mass is 10.2. The predicted molar refractivity (Wildman–Crippen MR) is 54.8 cm³/mol. The largest absolute Gasteiger partial charge is 0.396 e. The van der Waals surface area contributed by atoms with Crippen LogP contribution in [0.5, 0.6) is 0 Å². The average Bonchev–Trinajstić information content (AvgIpc) is 2.55. The number of amides is 1. The van der Waals surface area contributed by atoms with Gasteiger partial charge in [0, 0.05) is 12.6 Å². The summed E-state index contributed by atoms with van der Waals surface area (Å²) in [6.45, 7) is 2.06. The number of rotatable bonds is 4. The number of carbonyl (C=O) groups excluding carboxylic acids is 1. The van der Waals surface area contributed by atoms with Crippen molar-refractivity contribution in [2.24, 2.45) is 0 Å². The third-order valence-corrected chi connectivity index (χ3v) is 3.55. The molecule has 76 valence electrons. The van der Waals surface area contributed by atoms with Gasteiger partial charge in [0.05, 0.1) is 5.25 Å². The SMILES string of the molecule is CC(CCO)NC(=O)C1CCCS1. The van der Waals surface area contributed by atoms with E-state index < -0.39 is 0 Å². The highest BCUT2D eigenvalue weighted by Crippen LogP contribution is 2.26. The molecule has 13 heavy (non-hydrogen) atoms. The Morgan fingerprint density at radius 2 is 2.54 bits per heavy atom. The molecule has 4 heteroatoms. The van der Waals surface area contributed by atoms with E-state index in [9.17, 15) is 4.79 Å². The lowest BCUT2D eigenvalue weighted by molar-refractivity contribution is -0.121. The summed E-state index contributed by atoms with van der Waals surface area (Å²) in [6.07, 6.45) is 2.79. The molecule has 2 N–H and O–H groups in total. The van der Waals surface area contributed by atoms with E-state index in [4.69, 9.17) is 5.11 Å². The van der Waals surface area contributed by atoms with Crippen molar-refractivity contribution in [3.8, 4) is 0 Å². The molecule has 1 saturated heterocycles. The molecule has 3 nitrogen and oxygen atoms in total. The van der Waals surface area contributed by atoms with Crippen LogP contribution in [0.3, 0.4) is 0 Å². The van der Waals surface area contributed by atoms with Crippen LogP contribution in [0.1, 0.15) is 26.2 Å². The van der Waals surface area contributed by atoms with E-state index in [1.807, 2.05) is 6.92 Å². The van der Waals surface area contributed by atoms with Crippen molar-refractivity contribution in [1.82, 2.24) is 5.32 Å². The van der Waals surface area contributed by atoms with Crippen molar-refractivity contribution in [3.05, 3.63) is 0 Å². The van der Waals surface area contributed by atoms with Gasteiger partial charge in [-0.05, 0) is 31.9 Å². The minimum Gasteiger partial charge on any atom is -0.396 e. The van der Waals surface area contributed by atoms with Crippen LogP contribution in [-0.4, -0.2) is 34.7 Å². The number of hydrogen-bond donors (Lipinski definition) is 2. The Morgan fingerprint density at radius 3 is 3.08 bits per heavy atom. The van der Waals surface area contributed by atoms with Crippen LogP contribution in [0.4, 0.5) is 0 Å². The number of aliphatic hydroxyl groups excluding tert-OH is 1. The molecule has 0 saturated carbocycles. The summed E-state index contributed by atoms with van der Waals surface area (Å²) in [7, 11) is 0. The summed E-state index contributed by atoms with van der Waals surface area (Å²) in [5.41, 5.74) is 0. The Balaban J connectivity index is 2.23. The molecule has 0 radical (unpaired) electrons. The number of hydrogen-bond acceptors (Lipinski definition) is 3. The summed E-state index contributed by atoms with van der Waals surface area (Å²) >= 11 is 1.74. The Hall–Kier alpha value is -0.220. The summed E-state index contributed by atoms with van der Waals surface area (Å²) in [5.74, 6) is 1.25. The second-order valence-corrected chi connectivity index (χ2v) is 4.73. The third-order valence-electron chi connectivity index (χ3n) is 2.17. The zero-order chi connectivity index (χ0) is 9.68. The molecule has 2 atom stereocenters. The molecule has 0 bridgehead atoms. The van der Waals surface area contributed by atoms with Crippen LogP contribution < -0.4 is 5.32 Å². The van der Waals surface area contributed by atoms with Gasteiger partial charge in [0.25, 0.3) is 0 Å². The molecule has 1 heterocycles. The fraction of sp³-hybridized carbons (Fsp3) is 0.889. The monoisotopic (exact) mass is 203 g/mol. The molecule has 0 aromatic carbocycles. The Labute approximate surface area is 83.3 Å². The van der Waals surface area contributed by atoms with Crippen molar-refractivity contribution < 1.29 is 9.90 Å². The van der Waals surface area contributed by atoms with Gasteiger partial charge in [-0.1, -0.05) is 0 Å². The van der Waals surface area contributed by atoms with Gasteiger partial charge in [-0.3, -0.25) is 4.79 Å². The smallest absolute Gasteiger partial charge is 0.233 e. The molecule has 0 aromatic heterocycles. The van der Waals surface area contributed by atoms with Crippen molar-refractivity contribution in [2.75, 3.05) is 12.4 Å². The molecule has 0 spiro atoms. The molecule has 1 aliphatic heterocycles. The van der Waals surface area contributed by atoms with Crippen molar-refractivity contribution in [2.45, 2.75) is 37.5 Å². The highest BCUT2D eigenvalue weighted by atomic mass is 32.2. The first-order valence-corrected chi connectivity index (χ1v) is 5.81. The number of aliphatic hydroxyl groups is 1. The summed E-state index contributed by atoms with van der Waals surface area (Å²) < 4.78 is 0. The fourth-order valence-electron chi connectivity index (χ4n) is 1.39. The molecule has 2 unspecified atom stereocenters. The first kappa shape index (κ1) is 10.9. The highest BCUT2D eigenvalue weighted by molar-refractivity contribution is 8.00. The van der Waals surface area contributed by atoms with E-state index in [1.165, 1.54) is 0 Å². The van der Waals surface area contributed by atoms with Crippen LogP contribution in [0, 0.1) is 0 Å². The quantitative estimate of drug-likeness (QED) is 0.709. The van der Waals surface area contributed by atoms with Gasteiger partial charge < -0.3 is 10.4 Å². The highest BCUT2D eigenvalue weighted by Gasteiger charge is 2.23. The van der Waals surface area contributed by atoms with Gasteiger partial charge in [0.15, 0.2) is 0 Å². The maximum absolute atomic E-state index is 11.5. The predicted octanol–water partition coefficient (Wildman–Crippen LogP) is 0.769. The number of carbonyl (C=O) groups is 1. The molecular weight excluding hydrogens is 186 g/mol. The van der Waals surface area contributed by atoms with Crippen molar-refractivity contribution in [1.29, 1.82) is 0 Å². The molecular formula is C9H17NO2S. The number of nitrogens with one attached hydrogen (secondary N) is 1. The molecule has 0 aliphatic carbocycles.